The van der Waals surface area contributed by atoms with Gasteiger partial charge in [-0.1, -0.05) is 24.3 Å². The number of aryl methyl sites for hydroxylation is 1. The maximum atomic E-state index is 10.5. The van der Waals surface area contributed by atoms with Crippen molar-refractivity contribution in [3.05, 3.63) is 66.0 Å². The summed E-state index contributed by atoms with van der Waals surface area (Å²) < 4.78 is 5.71. The topological polar surface area (TPSA) is 75.2 Å². The van der Waals surface area contributed by atoms with Gasteiger partial charge in [-0.05, 0) is 48.7 Å². The predicted molar refractivity (Wildman–Crippen MR) is 97.6 cm³/mol. The van der Waals surface area contributed by atoms with Crippen molar-refractivity contribution in [1.29, 1.82) is 0 Å². The number of ether oxygens (including phenoxy) is 1. The Labute approximate surface area is 146 Å². The Bertz CT molecular complexity index is 833. The van der Waals surface area contributed by atoms with Crippen LogP contribution in [0.3, 0.4) is 0 Å². The van der Waals surface area contributed by atoms with Gasteiger partial charge in [0.15, 0.2) is 0 Å². The van der Waals surface area contributed by atoms with E-state index in [1.54, 1.807) is 6.08 Å². The molecule has 5 heteroatoms. The van der Waals surface area contributed by atoms with E-state index in [4.69, 9.17) is 9.84 Å². The summed E-state index contributed by atoms with van der Waals surface area (Å²) in [5.74, 6) is 0.844. The molecule has 0 fully saturated rings. The van der Waals surface area contributed by atoms with Crippen LogP contribution < -0.4 is 4.74 Å². The normalized spacial score (nSPS) is 11.2. The first-order chi connectivity index (χ1) is 12.2. The van der Waals surface area contributed by atoms with Crippen molar-refractivity contribution in [2.24, 2.45) is 0 Å². The number of nitrogens with zero attached hydrogens (tertiary/aromatic N) is 1. The number of aliphatic carboxylic acids is 1. The van der Waals surface area contributed by atoms with E-state index in [1.165, 1.54) is 0 Å². The highest BCUT2D eigenvalue weighted by molar-refractivity contribution is 5.85. The summed E-state index contributed by atoms with van der Waals surface area (Å²) in [6, 6.07) is 15.4. The number of benzene rings is 2. The lowest BCUT2D eigenvalue weighted by Crippen LogP contribution is -1.99. The lowest BCUT2D eigenvalue weighted by Gasteiger charge is -2.06. The van der Waals surface area contributed by atoms with E-state index in [0.29, 0.717) is 6.61 Å². The zero-order chi connectivity index (χ0) is 17.5. The third kappa shape index (κ3) is 4.94. The molecule has 3 rings (SSSR count). The number of imidazole rings is 1. The number of rotatable bonds is 8. The maximum absolute atomic E-state index is 10.5. The van der Waals surface area contributed by atoms with Crippen LogP contribution in [0.5, 0.6) is 5.75 Å². The predicted octanol–water partition coefficient (Wildman–Crippen LogP) is 4.06. The van der Waals surface area contributed by atoms with Crippen LogP contribution in [0.1, 0.15) is 24.2 Å². The molecule has 1 heterocycles. The van der Waals surface area contributed by atoms with Gasteiger partial charge in [0.2, 0.25) is 0 Å². The molecule has 0 saturated heterocycles. The molecule has 0 aliphatic rings. The molecule has 25 heavy (non-hydrogen) atoms. The van der Waals surface area contributed by atoms with Gasteiger partial charge in [-0.15, -0.1) is 0 Å². The highest BCUT2D eigenvalue weighted by Crippen LogP contribution is 2.15. The summed E-state index contributed by atoms with van der Waals surface area (Å²) in [4.78, 5) is 18.4. The van der Waals surface area contributed by atoms with Gasteiger partial charge >= 0.3 is 5.97 Å². The molecule has 1 aromatic heterocycles. The number of fused-ring (bicyclic) bond motifs is 1. The molecule has 128 valence electrons. The highest BCUT2D eigenvalue weighted by atomic mass is 16.5. The van der Waals surface area contributed by atoms with E-state index < -0.39 is 5.97 Å². The number of hydrogen-bond acceptors (Lipinski definition) is 3. The minimum absolute atomic E-state index is 0.643. The highest BCUT2D eigenvalue weighted by Gasteiger charge is 2.02. The van der Waals surface area contributed by atoms with Crippen molar-refractivity contribution < 1.29 is 14.6 Å². The fraction of sp³-hybridized carbons (Fsp3) is 0.200. The van der Waals surface area contributed by atoms with Crippen LogP contribution in [0.2, 0.25) is 0 Å². The van der Waals surface area contributed by atoms with Crippen molar-refractivity contribution in [3.63, 3.8) is 0 Å². The smallest absolute Gasteiger partial charge is 0.328 e. The number of H-pyrrole nitrogens is 1. The number of nitrogens with one attached hydrogen (secondary N) is 1. The fourth-order valence-corrected chi connectivity index (χ4v) is 2.55. The number of aromatic amines is 1. The van der Waals surface area contributed by atoms with Crippen LogP contribution in [-0.2, 0) is 11.2 Å². The Balaban J connectivity index is 1.40. The number of para-hydroxylation sites is 2. The second kappa shape index (κ2) is 8.15. The Hall–Kier alpha value is -3.08. The quantitative estimate of drug-likeness (QED) is 0.480. The van der Waals surface area contributed by atoms with Crippen LogP contribution >= 0.6 is 0 Å². The van der Waals surface area contributed by atoms with E-state index in [9.17, 15) is 4.79 Å². The first-order valence-electron chi connectivity index (χ1n) is 8.28. The lowest BCUT2D eigenvalue weighted by molar-refractivity contribution is -0.131. The summed E-state index contributed by atoms with van der Waals surface area (Å²) in [5, 5.41) is 8.60. The zero-order valence-corrected chi connectivity index (χ0v) is 13.8. The summed E-state index contributed by atoms with van der Waals surface area (Å²) in [6.45, 7) is 0.643. The van der Waals surface area contributed by atoms with Gasteiger partial charge in [0.25, 0.3) is 0 Å². The van der Waals surface area contributed by atoms with E-state index in [1.807, 2.05) is 48.5 Å². The SMILES string of the molecule is O=C(O)/C=C/c1ccc(OCCCCc2nc3ccccc3[nH]2)cc1. The van der Waals surface area contributed by atoms with Gasteiger partial charge in [-0.3, -0.25) is 0 Å². The van der Waals surface area contributed by atoms with E-state index in [2.05, 4.69) is 9.97 Å². The molecule has 0 radical (unpaired) electrons. The van der Waals surface area contributed by atoms with Crippen LogP contribution in [-0.4, -0.2) is 27.7 Å². The summed E-state index contributed by atoms with van der Waals surface area (Å²) >= 11 is 0. The molecule has 0 amide bonds. The van der Waals surface area contributed by atoms with Gasteiger partial charge in [-0.2, -0.15) is 0 Å². The van der Waals surface area contributed by atoms with Gasteiger partial charge in [-0.25, -0.2) is 9.78 Å². The van der Waals surface area contributed by atoms with Gasteiger partial charge in [0.05, 0.1) is 17.6 Å². The first kappa shape index (κ1) is 16.8. The third-order valence-corrected chi connectivity index (χ3v) is 3.81. The molecular weight excluding hydrogens is 316 g/mol. The Morgan fingerprint density at radius 2 is 1.92 bits per heavy atom. The monoisotopic (exact) mass is 336 g/mol. The molecule has 3 aromatic rings. The molecule has 0 unspecified atom stereocenters. The fourth-order valence-electron chi connectivity index (χ4n) is 2.55. The first-order valence-corrected chi connectivity index (χ1v) is 8.28. The van der Waals surface area contributed by atoms with Crippen molar-refractivity contribution in [2.45, 2.75) is 19.3 Å². The van der Waals surface area contributed by atoms with E-state index in [0.717, 1.165) is 53.5 Å². The van der Waals surface area contributed by atoms with Crippen molar-refractivity contribution in [2.75, 3.05) is 6.61 Å². The van der Waals surface area contributed by atoms with Crippen LogP contribution in [0.15, 0.2) is 54.6 Å². The minimum atomic E-state index is -0.954. The largest absolute Gasteiger partial charge is 0.494 e. The molecule has 2 N–H and O–H groups in total. The molecule has 2 aromatic carbocycles. The molecule has 0 atom stereocenters. The molecule has 0 bridgehead atoms. The Morgan fingerprint density at radius 1 is 1.12 bits per heavy atom. The maximum Gasteiger partial charge on any atom is 0.328 e. The van der Waals surface area contributed by atoms with E-state index >= 15 is 0 Å². The van der Waals surface area contributed by atoms with Crippen molar-refractivity contribution >= 4 is 23.1 Å². The molecular formula is C20H20N2O3. The summed E-state index contributed by atoms with van der Waals surface area (Å²) in [7, 11) is 0. The van der Waals surface area contributed by atoms with Gasteiger partial charge in [0.1, 0.15) is 11.6 Å². The number of hydrogen-bond donors (Lipinski definition) is 2. The van der Waals surface area contributed by atoms with Crippen LogP contribution in [0.4, 0.5) is 0 Å². The summed E-state index contributed by atoms with van der Waals surface area (Å²) in [6.07, 6.45) is 5.52. The Kier molecular flexibility index (Phi) is 5.46. The molecule has 0 spiro atoms. The molecule has 5 nitrogen and oxygen atoms in total. The van der Waals surface area contributed by atoms with Crippen LogP contribution in [0, 0.1) is 0 Å². The average Bonchev–Trinajstić information content (AvgIpc) is 3.03. The second-order valence-corrected chi connectivity index (χ2v) is 5.75. The minimum Gasteiger partial charge on any atom is -0.494 e. The number of unbranched alkanes of at least 4 members (excludes halogenated alkanes) is 1. The van der Waals surface area contributed by atoms with E-state index in [-0.39, 0.29) is 0 Å². The summed E-state index contributed by atoms with van der Waals surface area (Å²) in [5.41, 5.74) is 2.91. The number of aromatic nitrogens is 2. The number of carboxylic acids is 1. The standard InChI is InChI=1S/C20H20N2O3/c23-20(24)13-10-15-8-11-16(12-9-15)25-14-4-3-7-19-21-17-5-1-2-6-18(17)22-19/h1-2,5-6,8-13H,3-4,7,14H2,(H,21,22)(H,23,24)/b13-10+. The zero-order valence-electron chi connectivity index (χ0n) is 13.8. The molecule has 0 aliphatic carbocycles. The number of carbonyl (C=O) groups is 1. The Morgan fingerprint density at radius 3 is 2.68 bits per heavy atom. The second-order valence-electron chi connectivity index (χ2n) is 5.75. The van der Waals surface area contributed by atoms with Crippen LogP contribution in [0.25, 0.3) is 17.1 Å². The molecule has 0 saturated carbocycles. The van der Waals surface area contributed by atoms with Crippen molar-refractivity contribution in [1.82, 2.24) is 9.97 Å². The number of carboxylic acid groups (broad SMARTS) is 1. The van der Waals surface area contributed by atoms with Crippen molar-refractivity contribution in [3.8, 4) is 5.75 Å². The van der Waals surface area contributed by atoms with Gasteiger partial charge < -0.3 is 14.8 Å². The lowest BCUT2D eigenvalue weighted by atomic mass is 10.2. The molecule has 0 aliphatic heterocycles. The third-order valence-electron chi connectivity index (χ3n) is 3.81. The average molecular weight is 336 g/mol. The van der Waals surface area contributed by atoms with Gasteiger partial charge in [0, 0.05) is 12.5 Å².